The van der Waals surface area contributed by atoms with Gasteiger partial charge in [-0.1, -0.05) is 23.8 Å². The second-order valence-electron chi connectivity index (χ2n) is 3.86. The summed E-state index contributed by atoms with van der Waals surface area (Å²) in [6, 6.07) is 6.51. The van der Waals surface area contributed by atoms with E-state index in [1.165, 1.54) is 11.6 Å². The van der Waals surface area contributed by atoms with Crippen LogP contribution >= 0.6 is 0 Å². The van der Waals surface area contributed by atoms with Crippen LogP contribution in [0.15, 0.2) is 35.9 Å². The summed E-state index contributed by atoms with van der Waals surface area (Å²) in [4.78, 5) is 0. The highest BCUT2D eigenvalue weighted by Crippen LogP contribution is 2.16. The van der Waals surface area contributed by atoms with Crippen LogP contribution in [-0.2, 0) is 0 Å². The molecule has 86 valence electrons. The SMILES string of the molecule is Fc1ccccc1OCCC1=CCCNC1. The van der Waals surface area contributed by atoms with E-state index in [4.69, 9.17) is 4.74 Å². The summed E-state index contributed by atoms with van der Waals surface area (Å²) in [6.45, 7) is 2.52. The third-order valence-electron chi connectivity index (χ3n) is 2.62. The van der Waals surface area contributed by atoms with E-state index >= 15 is 0 Å². The van der Waals surface area contributed by atoms with E-state index in [0.29, 0.717) is 12.4 Å². The highest BCUT2D eigenvalue weighted by molar-refractivity contribution is 5.23. The highest BCUT2D eigenvalue weighted by atomic mass is 19.1. The number of para-hydroxylation sites is 1. The van der Waals surface area contributed by atoms with E-state index in [2.05, 4.69) is 11.4 Å². The first-order valence-corrected chi connectivity index (χ1v) is 5.62. The molecule has 0 aliphatic carbocycles. The molecule has 0 aromatic heterocycles. The van der Waals surface area contributed by atoms with Crippen molar-refractivity contribution in [3.63, 3.8) is 0 Å². The first kappa shape index (κ1) is 11.1. The molecule has 0 atom stereocenters. The van der Waals surface area contributed by atoms with Crippen LogP contribution < -0.4 is 10.1 Å². The Balaban J connectivity index is 1.80. The first-order chi connectivity index (χ1) is 7.86. The van der Waals surface area contributed by atoms with E-state index in [1.54, 1.807) is 18.2 Å². The molecule has 1 aromatic carbocycles. The number of ether oxygens (including phenoxy) is 1. The number of benzene rings is 1. The Morgan fingerprint density at radius 3 is 2.94 bits per heavy atom. The summed E-state index contributed by atoms with van der Waals surface area (Å²) in [5, 5.41) is 3.30. The largest absolute Gasteiger partial charge is 0.490 e. The van der Waals surface area contributed by atoms with Crippen LogP contribution in [0, 0.1) is 5.82 Å². The van der Waals surface area contributed by atoms with Crippen molar-refractivity contribution in [3.05, 3.63) is 41.7 Å². The summed E-state index contributed by atoms with van der Waals surface area (Å²) >= 11 is 0. The van der Waals surface area contributed by atoms with Gasteiger partial charge in [0.2, 0.25) is 0 Å². The maximum absolute atomic E-state index is 13.2. The average molecular weight is 221 g/mol. The number of nitrogens with one attached hydrogen (secondary N) is 1. The van der Waals surface area contributed by atoms with Gasteiger partial charge in [-0.05, 0) is 25.1 Å². The fourth-order valence-corrected chi connectivity index (χ4v) is 1.74. The zero-order valence-corrected chi connectivity index (χ0v) is 9.21. The van der Waals surface area contributed by atoms with E-state index in [9.17, 15) is 4.39 Å². The Morgan fingerprint density at radius 1 is 1.31 bits per heavy atom. The van der Waals surface area contributed by atoms with Crippen molar-refractivity contribution in [2.75, 3.05) is 19.7 Å². The third-order valence-corrected chi connectivity index (χ3v) is 2.62. The molecule has 2 rings (SSSR count). The number of rotatable bonds is 4. The monoisotopic (exact) mass is 221 g/mol. The van der Waals surface area contributed by atoms with Crippen molar-refractivity contribution >= 4 is 0 Å². The Hall–Kier alpha value is -1.35. The van der Waals surface area contributed by atoms with Gasteiger partial charge in [0.05, 0.1) is 6.61 Å². The van der Waals surface area contributed by atoms with E-state index in [-0.39, 0.29) is 5.82 Å². The standard InChI is InChI=1S/C13H16FNO/c14-12-5-1-2-6-13(12)16-9-7-11-4-3-8-15-10-11/h1-2,4-6,15H,3,7-10H2. The number of halogens is 1. The molecule has 0 radical (unpaired) electrons. The molecule has 0 spiro atoms. The van der Waals surface area contributed by atoms with Crippen molar-refractivity contribution in [1.29, 1.82) is 0 Å². The zero-order valence-electron chi connectivity index (χ0n) is 9.21. The lowest BCUT2D eigenvalue weighted by atomic mass is 10.1. The van der Waals surface area contributed by atoms with Gasteiger partial charge in [0, 0.05) is 13.0 Å². The van der Waals surface area contributed by atoms with Crippen molar-refractivity contribution in [2.24, 2.45) is 0 Å². The molecule has 3 heteroatoms. The van der Waals surface area contributed by atoms with Crippen LogP contribution in [0.5, 0.6) is 5.75 Å². The van der Waals surface area contributed by atoms with Crippen molar-refractivity contribution in [1.82, 2.24) is 5.32 Å². The Labute approximate surface area is 95.1 Å². The summed E-state index contributed by atoms with van der Waals surface area (Å²) < 4.78 is 18.6. The van der Waals surface area contributed by atoms with Gasteiger partial charge in [-0.2, -0.15) is 0 Å². The van der Waals surface area contributed by atoms with Crippen molar-refractivity contribution in [2.45, 2.75) is 12.8 Å². The van der Waals surface area contributed by atoms with Gasteiger partial charge in [0.1, 0.15) is 0 Å². The normalized spacial score (nSPS) is 15.7. The summed E-state index contributed by atoms with van der Waals surface area (Å²) in [6.07, 6.45) is 4.18. The minimum Gasteiger partial charge on any atom is -0.490 e. The fraction of sp³-hybridized carbons (Fsp3) is 0.385. The summed E-state index contributed by atoms with van der Waals surface area (Å²) in [5.74, 6) is 0.0464. The minimum absolute atomic E-state index is 0.293. The molecule has 0 unspecified atom stereocenters. The molecule has 2 nitrogen and oxygen atoms in total. The molecule has 0 amide bonds. The minimum atomic E-state index is -0.293. The molecule has 0 saturated heterocycles. The summed E-state index contributed by atoms with van der Waals surface area (Å²) in [5.41, 5.74) is 1.35. The molecule has 1 N–H and O–H groups in total. The second-order valence-corrected chi connectivity index (χ2v) is 3.86. The lowest BCUT2D eigenvalue weighted by Crippen LogP contribution is -2.23. The zero-order chi connectivity index (χ0) is 11.2. The maximum atomic E-state index is 13.2. The molecule has 1 heterocycles. The average Bonchev–Trinajstić information content (AvgIpc) is 2.33. The van der Waals surface area contributed by atoms with Gasteiger partial charge in [-0.3, -0.25) is 0 Å². The van der Waals surface area contributed by atoms with E-state index in [0.717, 1.165) is 25.9 Å². The molecule has 0 saturated carbocycles. The van der Waals surface area contributed by atoms with Gasteiger partial charge in [0.15, 0.2) is 11.6 Å². The molecule has 1 aliphatic rings. The van der Waals surface area contributed by atoms with Gasteiger partial charge in [-0.25, -0.2) is 4.39 Å². The van der Waals surface area contributed by atoms with Crippen LogP contribution in [0.25, 0.3) is 0 Å². The lowest BCUT2D eigenvalue weighted by Gasteiger charge is -2.14. The Morgan fingerprint density at radius 2 is 2.19 bits per heavy atom. The highest BCUT2D eigenvalue weighted by Gasteiger charge is 2.04. The molecule has 1 aromatic rings. The Bertz CT molecular complexity index is 376. The predicted molar refractivity (Wildman–Crippen MR) is 62.1 cm³/mol. The second kappa shape index (κ2) is 5.66. The van der Waals surface area contributed by atoms with Crippen LogP contribution in [0.3, 0.4) is 0 Å². The number of hydrogen-bond donors (Lipinski definition) is 1. The van der Waals surface area contributed by atoms with Crippen LogP contribution in [-0.4, -0.2) is 19.7 Å². The van der Waals surface area contributed by atoms with Crippen LogP contribution in [0.2, 0.25) is 0 Å². The molecular formula is C13H16FNO. The van der Waals surface area contributed by atoms with Crippen LogP contribution in [0.4, 0.5) is 4.39 Å². The summed E-state index contributed by atoms with van der Waals surface area (Å²) in [7, 11) is 0. The van der Waals surface area contributed by atoms with Crippen molar-refractivity contribution in [3.8, 4) is 5.75 Å². The van der Waals surface area contributed by atoms with Crippen LogP contribution in [0.1, 0.15) is 12.8 Å². The topological polar surface area (TPSA) is 21.3 Å². The van der Waals surface area contributed by atoms with Gasteiger partial charge >= 0.3 is 0 Å². The molecule has 16 heavy (non-hydrogen) atoms. The van der Waals surface area contributed by atoms with Gasteiger partial charge in [-0.15, -0.1) is 0 Å². The molecular weight excluding hydrogens is 205 g/mol. The lowest BCUT2D eigenvalue weighted by molar-refractivity contribution is 0.303. The molecule has 0 fully saturated rings. The smallest absolute Gasteiger partial charge is 0.165 e. The van der Waals surface area contributed by atoms with Gasteiger partial charge < -0.3 is 10.1 Å². The fourth-order valence-electron chi connectivity index (χ4n) is 1.74. The Kier molecular flexibility index (Phi) is 3.94. The first-order valence-electron chi connectivity index (χ1n) is 5.62. The molecule has 1 aliphatic heterocycles. The quantitative estimate of drug-likeness (QED) is 0.789. The number of hydrogen-bond acceptors (Lipinski definition) is 2. The van der Waals surface area contributed by atoms with E-state index < -0.39 is 0 Å². The van der Waals surface area contributed by atoms with E-state index in [1.807, 2.05) is 0 Å². The maximum Gasteiger partial charge on any atom is 0.165 e. The predicted octanol–water partition coefficient (Wildman–Crippen LogP) is 2.51. The third kappa shape index (κ3) is 3.07. The molecule has 0 bridgehead atoms. The van der Waals surface area contributed by atoms with Gasteiger partial charge in [0.25, 0.3) is 0 Å². The van der Waals surface area contributed by atoms with Crippen molar-refractivity contribution < 1.29 is 9.13 Å².